The molecule has 0 heterocycles. The fourth-order valence-electron chi connectivity index (χ4n) is 2.35. The molecule has 4 nitrogen and oxygen atoms in total. The Bertz CT molecular complexity index is 722. The molecule has 0 aromatic heterocycles. The number of carbonyl (C=O) groups is 1. The average molecular weight is 367 g/mol. The SMILES string of the molecule is COc1ccc(Cl)cc1NC(=O)CN(C)C(C)c1cccc(Cl)c1. The number of rotatable bonds is 6. The largest absolute Gasteiger partial charge is 0.495 e. The Balaban J connectivity index is 2.03. The number of halogens is 2. The number of nitrogens with one attached hydrogen (secondary N) is 1. The number of nitrogens with zero attached hydrogens (tertiary/aromatic N) is 1. The zero-order chi connectivity index (χ0) is 17.7. The minimum absolute atomic E-state index is 0.0516. The van der Waals surface area contributed by atoms with E-state index in [4.69, 9.17) is 27.9 Å². The van der Waals surface area contributed by atoms with Crippen molar-refractivity contribution < 1.29 is 9.53 Å². The maximum Gasteiger partial charge on any atom is 0.238 e. The van der Waals surface area contributed by atoms with Crippen molar-refractivity contribution in [3.63, 3.8) is 0 Å². The van der Waals surface area contributed by atoms with Crippen LogP contribution in [0.3, 0.4) is 0 Å². The van der Waals surface area contributed by atoms with Crippen molar-refractivity contribution in [2.75, 3.05) is 26.0 Å². The van der Waals surface area contributed by atoms with Gasteiger partial charge >= 0.3 is 0 Å². The quantitative estimate of drug-likeness (QED) is 0.809. The van der Waals surface area contributed by atoms with E-state index in [9.17, 15) is 4.79 Å². The molecule has 2 rings (SSSR count). The first-order chi connectivity index (χ1) is 11.4. The topological polar surface area (TPSA) is 41.6 Å². The molecule has 0 aliphatic heterocycles. The monoisotopic (exact) mass is 366 g/mol. The molecule has 0 saturated carbocycles. The van der Waals surface area contributed by atoms with Gasteiger partial charge in [-0.25, -0.2) is 0 Å². The first-order valence-corrected chi connectivity index (χ1v) is 8.25. The summed E-state index contributed by atoms with van der Waals surface area (Å²) in [5.41, 5.74) is 1.61. The van der Waals surface area contributed by atoms with Gasteiger partial charge in [0.1, 0.15) is 5.75 Å². The van der Waals surface area contributed by atoms with Gasteiger partial charge in [-0.3, -0.25) is 9.69 Å². The lowest BCUT2D eigenvalue weighted by Gasteiger charge is -2.24. The van der Waals surface area contributed by atoms with Crippen LogP contribution >= 0.6 is 23.2 Å². The first kappa shape index (κ1) is 18.6. The number of carbonyl (C=O) groups excluding carboxylic acids is 1. The van der Waals surface area contributed by atoms with Gasteiger partial charge in [0, 0.05) is 16.1 Å². The second-order valence-electron chi connectivity index (χ2n) is 5.54. The molecule has 2 aromatic rings. The molecular formula is C18H20Cl2N2O2. The number of anilines is 1. The Morgan fingerprint density at radius 2 is 1.92 bits per heavy atom. The first-order valence-electron chi connectivity index (χ1n) is 7.50. The summed E-state index contributed by atoms with van der Waals surface area (Å²) in [6, 6.07) is 12.8. The lowest BCUT2D eigenvalue weighted by Crippen LogP contribution is -2.32. The van der Waals surface area contributed by atoms with Gasteiger partial charge in [0.25, 0.3) is 0 Å². The highest BCUT2D eigenvalue weighted by Crippen LogP contribution is 2.28. The van der Waals surface area contributed by atoms with Crippen molar-refractivity contribution in [3.8, 4) is 5.75 Å². The second kappa shape index (κ2) is 8.38. The van der Waals surface area contributed by atoms with Crippen LogP contribution in [0.4, 0.5) is 5.69 Å². The summed E-state index contributed by atoms with van der Waals surface area (Å²) in [6.45, 7) is 2.25. The normalized spacial score (nSPS) is 12.1. The van der Waals surface area contributed by atoms with E-state index < -0.39 is 0 Å². The zero-order valence-corrected chi connectivity index (χ0v) is 15.4. The smallest absolute Gasteiger partial charge is 0.238 e. The predicted octanol–water partition coefficient (Wildman–Crippen LogP) is 4.63. The minimum Gasteiger partial charge on any atom is -0.495 e. The molecule has 0 bridgehead atoms. The van der Waals surface area contributed by atoms with Gasteiger partial charge in [0.15, 0.2) is 0 Å². The molecule has 6 heteroatoms. The number of methoxy groups -OCH3 is 1. The van der Waals surface area contributed by atoms with E-state index in [1.807, 2.05) is 43.1 Å². The summed E-state index contributed by atoms with van der Waals surface area (Å²) in [5.74, 6) is 0.422. The number of ether oxygens (including phenoxy) is 1. The van der Waals surface area contributed by atoms with E-state index in [2.05, 4.69) is 5.32 Å². The van der Waals surface area contributed by atoms with Crippen LogP contribution in [0.25, 0.3) is 0 Å². The standard InChI is InChI=1S/C18H20Cl2N2O2/c1-12(13-5-4-6-14(19)9-13)22(2)11-18(23)21-16-10-15(20)7-8-17(16)24-3/h4-10,12H,11H2,1-3H3,(H,21,23). The van der Waals surface area contributed by atoms with E-state index in [-0.39, 0.29) is 18.5 Å². The van der Waals surface area contributed by atoms with Crippen LogP contribution in [-0.2, 0) is 4.79 Å². The van der Waals surface area contributed by atoms with Crippen molar-refractivity contribution in [2.24, 2.45) is 0 Å². The van der Waals surface area contributed by atoms with E-state index in [0.29, 0.717) is 21.5 Å². The van der Waals surface area contributed by atoms with Crippen LogP contribution in [0.2, 0.25) is 10.0 Å². The van der Waals surface area contributed by atoms with Crippen molar-refractivity contribution in [2.45, 2.75) is 13.0 Å². The summed E-state index contributed by atoms with van der Waals surface area (Å²) in [4.78, 5) is 14.3. The molecule has 128 valence electrons. The van der Waals surface area contributed by atoms with Crippen LogP contribution < -0.4 is 10.1 Å². The number of amides is 1. The Kier molecular flexibility index (Phi) is 6.49. The summed E-state index contributed by atoms with van der Waals surface area (Å²) in [5, 5.41) is 4.05. The Morgan fingerprint density at radius 3 is 2.58 bits per heavy atom. The van der Waals surface area contributed by atoms with Gasteiger partial charge in [0.2, 0.25) is 5.91 Å². The number of likely N-dealkylation sites (N-methyl/N-ethyl adjacent to an activating group) is 1. The third-order valence-corrected chi connectivity index (χ3v) is 4.29. The fraction of sp³-hybridized carbons (Fsp3) is 0.278. The van der Waals surface area contributed by atoms with E-state index in [0.717, 1.165) is 5.56 Å². The Morgan fingerprint density at radius 1 is 1.21 bits per heavy atom. The Labute approximate surface area is 152 Å². The van der Waals surface area contributed by atoms with Crippen LogP contribution in [-0.4, -0.2) is 31.5 Å². The van der Waals surface area contributed by atoms with Gasteiger partial charge in [0.05, 0.1) is 19.3 Å². The fourth-order valence-corrected chi connectivity index (χ4v) is 2.72. The molecular weight excluding hydrogens is 347 g/mol. The highest BCUT2D eigenvalue weighted by Gasteiger charge is 2.16. The van der Waals surface area contributed by atoms with Crippen LogP contribution in [0.15, 0.2) is 42.5 Å². The number of hydrogen-bond acceptors (Lipinski definition) is 3. The molecule has 0 fully saturated rings. The molecule has 1 atom stereocenters. The molecule has 1 N–H and O–H groups in total. The zero-order valence-electron chi connectivity index (χ0n) is 13.8. The molecule has 0 spiro atoms. The van der Waals surface area contributed by atoms with E-state index in [1.165, 1.54) is 0 Å². The summed E-state index contributed by atoms with van der Waals surface area (Å²) in [7, 11) is 3.44. The van der Waals surface area contributed by atoms with Gasteiger partial charge < -0.3 is 10.1 Å². The van der Waals surface area contributed by atoms with E-state index >= 15 is 0 Å². The summed E-state index contributed by atoms with van der Waals surface area (Å²) < 4.78 is 5.23. The molecule has 1 amide bonds. The second-order valence-corrected chi connectivity index (χ2v) is 6.41. The van der Waals surface area contributed by atoms with Gasteiger partial charge in [-0.05, 0) is 49.9 Å². The van der Waals surface area contributed by atoms with Gasteiger partial charge in [-0.1, -0.05) is 35.3 Å². The highest BCUT2D eigenvalue weighted by molar-refractivity contribution is 6.31. The third kappa shape index (κ3) is 4.87. The molecule has 1 unspecified atom stereocenters. The molecule has 0 saturated heterocycles. The molecule has 2 aromatic carbocycles. The van der Waals surface area contributed by atoms with Crippen LogP contribution in [0, 0.1) is 0 Å². The van der Waals surface area contributed by atoms with E-state index in [1.54, 1.807) is 25.3 Å². The maximum atomic E-state index is 12.3. The average Bonchev–Trinajstić information content (AvgIpc) is 2.54. The van der Waals surface area contributed by atoms with Crippen molar-refractivity contribution in [1.29, 1.82) is 0 Å². The summed E-state index contributed by atoms with van der Waals surface area (Å²) >= 11 is 12.0. The third-order valence-electron chi connectivity index (χ3n) is 3.82. The van der Waals surface area contributed by atoms with Crippen LogP contribution in [0.1, 0.15) is 18.5 Å². The van der Waals surface area contributed by atoms with Crippen molar-refractivity contribution >= 4 is 34.8 Å². The van der Waals surface area contributed by atoms with Crippen molar-refractivity contribution in [3.05, 3.63) is 58.1 Å². The van der Waals surface area contributed by atoms with Gasteiger partial charge in [-0.15, -0.1) is 0 Å². The number of benzene rings is 2. The lowest BCUT2D eigenvalue weighted by molar-refractivity contribution is -0.117. The lowest BCUT2D eigenvalue weighted by atomic mass is 10.1. The maximum absolute atomic E-state index is 12.3. The predicted molar refractivity (Wildman–Crippen MR) is 99.1 cm³/mol. The molecule has 0 aliphatic rings. The van der Waals surface area contributed by atoms with Crippen molar-refractivity contribution in [1.82, 2.24) is 4.90 Å². The van der Waals surface area contributed by atoms with Gasteiger partial charge in [-0.2, -0.15) is 0 Å². The summed E-state index contributed by atoms with van der Waals surface area (Å²) in [6.07, 6.45) is 0. The Hall–Kier alpha value is -1.75. The number of hydrogen-bond donors (Lipinski definition) is 1. The highest BCUT2D eigenvalue weighted by atomic mass is 35.5. The molecule has 0 radical (unpaired) electrons. The minimum atomic E-state index is -0.146. The van der Waals surface area contributed by atoms with Crippen LogP contribution in [0.5, 0.6) is 5.75 Å². The molecule has 24 heavy (non-hydrogen) atoms. The molecule has 0 aliphatic carbocycles.